The molecule has 0 aliphatic carbocycles. The summed E-state index contributed by atoms with van der Waals surface area (Å²) in [6, 6.07) is 21.9. The summed E-state index contributed by atoms with van der Waals surface area (Å²) in [5.41, 5.74) is 1.87. The van der Waals surface area contributed by atoms with Crippen molar-refractivity contribution >= 4 is 55.3 Å². The van der Waals surface area contributed by atoms with Crippen LogP contribution in [0.15, 0.2) is 81.7 Å². The first-order valence-corrected chi connectivity index (χ1v) is 13.7. The van der Waals surface area contributed by atoms with E-state index in [9.17, 15) is 9.59 Å². The minimum absolute atomic E-state index is 0.0155. The lowest BCUT2D eigenvalue weighted by atomic mass is 10.0. The number of nitrogens with zero attached hydrogens (tertiary/aromatic N) is 1. The van der Waals surface area contributed by atoms with Crippen molar-refractivity contribution in [3.63, 3.8) is 0 Å². The van der Waals surface area contributed by atoms with Crippen LogP contribution in [0.25, 0.3) is 0 Å². The van der Waals surface area contributed by atoms with Gasteiger partial charge in [0.1, 0.15) is 11.8 Å². The molecule has 2 unspecified atom stereocenters. The summed E-state index contributed by atoms with van der Waals surface area (Å²) in [4.78, 5) is 28.7. The topological polar surface area (TPSA) is 58.6 Å². The molecule has 0 saturated carbocycles. The smallest absolute Gasteiger partial charge is 0.261 e. The van der Waals surface area contributed by atoms with E-state index >= 15 is 0 Å². The fourth-order valence-corrected chi connectivity index (χ4v) is 4.59. The Bertz CT molecular complexity index is 1160. The highest BCUT2D eigenvalue weighted by Gasteiger charge is 2.31. The number of ether oxygens (including phenoxy) is 1. The van der Waals surface area contributed by atoms with Gasteiger partial charge in [0.05, 0.1) is 5.02 Å². The molecule has 3 aromatic rings. The number of benzene rings is 3. The Morgan fingerprint density at radius 3 is 2.28 bits per heavy atom. The van der Waals surface area contributed by atoms with Gasteiger partial charge in [-0.25, -0.2) is 0 Å². The van der Waals surface area contributed by atoms with Crippen molar-refractivity contribution in [2.24, 2.45) is 0 Å². The number of hydrogen-bond acceptors (Lipinski definition) is 3. The summed E-state index contributed by atoms with van der Waals surface area (Å²) in [6.45, 7) is 3.98. The van der Waals surface area contributed by atoms with Gasteiger partial charge in [0.15, 0.2) is 6.61 Å². The SMILES string of the molecule is CCC(C)NC(=O)C(Cc1ccccc1)N(Cc1ccc(Br)cc1)C(=O)COc1ccc(Br)cc1Cl. The molecule has 3 rings (SSSR count). The van der Waals surface area contributed by atoms with Crippen LogP contribution < -0.4 is 10.1 Å². The van der Waals surface area contributed by atoms with Gasteiger partial charge in [0.25, 0.3) is 5.91 Å². The maximum Gasteiger partial charge on any atom is 0.261 e. The second-order valence-electron chi connectivity index (χ2n) is 8.53. The zero-order valence-electron chi connectivity index (χ0n) is 20.2. The van der Waals surface area contributed by atoms with Crippen LogP contribution in [-0.4, -0.2) is 35.4 Å². The third kappa shape index (κ3) is 8.36. The fraction of sp³-hybridized carbons (Fsp3) is 0.286. The molecule has 0 aromatic heterocycles. The van der Waals surface area contributed by atoms with Crippen LogP contribution in [0, 0.1) is 0 Å². The molecule has 2 atom stereocenters. The molecule has 0 radical (unpaired) electrons. The second-order valence-corrected chi connectivity index (χ2v) is 10.8. The van der Waals surface area contributed by atoms with Gasteiger partial charge in [-0.2, -0.15) is 0 Å². The third-order valence-electron chi connectivity index (χ3n) is 5.78. The molecule has 0 aliphatic heterocycles. The van der Waals surface area contributed by atoms with Crippen LogP contribution in [0.1, 0.15) is 31.4 Å². The number of carbonyl (C=O) groups is 2. The van der Waals surface area contributed by atoms with Crippen molar-refractivity contribution in [1.29, 1.82) is 0 Å². The summed E-state index contributed by atoms with van der Waals surface area (Å²) in [5, 5.41) is 3.46. The molecule has 8 heteroatoms. The Balaban J connectivity index is 1.91. The summed E-state index contributed by atoms with van der Waals surface area (Å²) in [7, 11) is 0. The molecule has 0 spiro atoms. The molecule has 2 amide bonds. The summed E-state index contributed by atoms with van der Waals surface area (Å²) >= 11 is 13.1. The monoisotopic (exact) mass is 634 g/mol. The predicted molar refractivity (Wildman–Crippen MR) is 151 cm³/mol. The molecule has 0 aliphatic rings. The van der Waals surface area contributed by atoms with E-state index in [0.717, 1.165) is 26.5 Å². The lowest BCUT2D eigenvalue weighted by Gasteiger charge is -2.32. The first-order valence-electron chi connectivity index (χ1n) is 11.7. The van der Waals surface area contributed by atoms with Crippen LogP contribution >= 0.6 is 43.5 Å². The molecule has 1 N–H and O–H groups in total. The average Bonchev–Trinajstić information content (AvgIpc) is 2.87. The van der Waals surface area contributed by atoms with Gasteiger partial charge in [0.2, 0.25) is 5.91 Å². The van der Waals surface area contributed by atoms with E-state index in [2.05, 4.69) is 37.2 Å². The second kappa shape index (κ2) is 13.8. The van der Waals surface area contributed by atoms with E-state index in [0.29, 0.717) is 17.2 Å². The largest absolute Gasteiger partial charge is 0.482 e. The summed E-state index contributed by atoms with van der Waals surface area (Å²) in [6.07, 6.45) is 1.17. The van der Waals surface area contributed by atoms with E-state index in [1.165, 1.54) is 0 Å². The zero-order chi connectivity index (χ0) is 26.1. The normalized spacial score (nSPS) is 12.5. The number of amides is 2. The highest BCUT2D eigenvalue weighted by molar-refractivity contribution is 9.10. The van der Waals surface area contributed by atoms with Crippen molar-refractivity contribution in [2.45, 2.75) is 45.3 Å². The van der Waals surface area contributed by atoms with Crippen LogP contribution in [0.5, 0.6) is 5.75 Å². The van der Waals surface area contributed by atoms with Crippen LogP contribution in [0.4, 0.5) is 0 Å². The summed E-state index contributed by atoms with van der Waals surface area (Å²) in [5.74, 6) is -0.0991. The van der Waals surface area contributed by atoms with Crippen LogP contribution in [-0.2, 0) is 22.6 Å². The van der Waals surface area contributed by atoms with E-state index in [1.807, 2.05) is 68.4 Å². The Kier molecular flexibility index (Phi) is 10.8. The maximum absolute atomic E-state index is 13.6. The van der Waals surface area contributed by atoms with Crippen molar-refractivity contribution < 1.29 is 14.3 Å². The quantitative estimate of drug-likeness (QED) is 0.252. The molecule has 36 heavy (non-hydrogen) atoms. The molecule has 0 saturated heterocycles. The van der Waals surface area contributed by atoms with Gasteiger partial charge in [-0.05, 0) is 54.8 Å². The minimum Gasteiger partial charge on any atom is -0.482 e. The Labute approximate surface area is 234 Å². The highest BCUT2D eigenvalue weighted by atomic mass is 79.9. The van der Waals surface area contributed by atoms with Gasteiger partial charge in [-0.3, -0.25) is 9.59 Å². The number of carbonyl (C=O) groups excluding carboxylic acids is 2. The molecular weight excluding hydrogens is 608 g/mol. The summed E-state index contributed by atoms with van der Waals surface area (Å²) < 4.78 is 7.54. The first-order chi connectivity index (χ1) is 17.3. The molecule has 0 heterocycles. The lowest BCUT2D eigenvalue weighted by molar-refractivity contribution is -0.143. The molecule has 0 bridgehead atoms. The predicted octanol–water partition coefficient (Wildman–Crippen LogP) is 6.80. The zero-order valence-corrected chi connectivity index (χ0v) is 24.1. The van der Waals surface area contributed by atoms with Gasteiger partial charge < -0.3 is 15.0 Å². The first kappa shape index (κ1) is 28.2. The Morgan fingerprint density at radius 1 is 0.972 bits per heavy atom. The third-order valence-corrected chi connectivity index (χ3v) is 7.10. The Morgan fingerprint density at radius 2 is 1.64 bits per heavy atom. The van der Waals surface area contributed by atoms with Crippen LogP contribution in [0.3, 0.4) is 0 Å². The van der Waals surface area contributed by atoms with Crippen molar-refractivity contribution in [1.82, 2.24) is 10.2 Å². The number of halogens is 3. The standard InChI is InChI=1S/C28H29Br2ClN2O3/c1-3-19(2)32-28(35)25(15-20-7-5-4-6-8-20)33(17-21-9-11-22(29)12-10-21)27(34)18-36-26-14-13-23(30)16-24(26)31/h4-14,16,19,25H,3,15,17-18H2,1-2H3,(H,32,35). The maximum atomic E-state index is 13.6. The van der Waals surface area contributed by atoms with Gasteiger partial charge in [0, 0.05) is 28.0 Å². The fourth-order valence-electron chi connectivity index (χ4n) is 3.60. The Hall–Kier alpha value is -2.35. The van der Waals surface area contributed by atoms with E-state index in [1.54, 1.807) is 23.1 Å². The average molecular weight is 637 g/mol. The minimum atomic E-state index is -0.721. The van der Waals surface area contributed by atoms with E-state index in [-0.39, 0.29) is 31.0 Å². The molecule has 5 nitrogen and oxygen atoms in total. The van der Waals surface area contributed by atoms with Crippen molar-refractivity contribution in [3.05, 3.63) is 97.9 Å². The molecule has 0 fully saturated rings. The highest BCUT2D eigenvalue weighted by Crippen LogP contribution is 2.28. The number of nitrogens with one attached hydrogen (secondary N) is 1. The molecule has 190 valence electrons. The number of hydrogen-bond donors (Lipinski definition) is 1. The lowest BCUT2D eigenvalue weighted by Crippen LogP contribution is -2.53. The van der Waals surface area contributed by atoms with Crippen molar-refractivity contribution in [3.8, 4) is 5.75 Å². The van der Waals surface area contributed by atoms with Crippen LogP contribution in [0.2, 0.25) is 5.02 Å². The molecule has 3 aromatic carbocycles. The van der Waals surface area contributed by atoms with Gasteiger partial charge >= 0.3 is 0 Å². The van der Waals surface area contributed by atoms with Gasteiger partial charge in [-0.15, -0.1) is 0 Å². The van der Waals surface area contributed by atoms with Gasteiger partial charge in [-0.1, -0.05) is 92.8 Å². The van der Waals surface area contributed by atoms with Crippen molar-refractivity contribution in [2.75, 3.05) is 6.61 Å². The van der Waals surface area contributed by atoms with E-state index < -0.39 is 6.04 Å². The van der Waals surface area contributed by atoms with E-state index in [4.69, 9.17) is 16.3 Å². The molecular formula is C28H29Br2ClN2O3. The number of rotatable bonds is 11.